The number of para-hydroxylation sites is 1. The fourth-order valence-electron chi connectivity index (χ4n) is 2.64. The molecule has 0 amide bonds. The number of ether oxygens (including phenoxy) is 1. The molecule has 4 nitrogen and oxygen atoms in total. The molecule has 20 heavy (non-hydrogen) atoms. The second-order valence-electron chi connectivity index (χ2n) is 5.26. The Bertz CT molecular complexity index is 591. The van der Waals surface area contributed by atoms with Crippen LogP contribution in [0.5, 0.6) is 5.75 Å². The molecule has 1 aliphatic rings. The molecule has 0 radical (unpaired) electrons. The summed E-state index contributed by atoms with van der Waals surface area (Å²) in [6, 6.07) is 8.47. The monoisotopic (exact) mass is 271 g/mol. The number of nitrogens with one attached hydrogen (secondary N) is 1. The number of fused-ring (bicyclic) bond motifs is 1. The van der Waals surface area contributed by atoms with Crippen molar-refractivity contribution in [2.24, 2.45) is 0 Å². The molecule has 0 spiro atoms. The number of hydrogen-bond donors (Lipinski definition) is 1. The molecule has 0 saturated heterocycles. The Morgan fingerprint density at radius 3 is 3.10 bits per heavy atom. The maximum atomic E-state index is 5.78. The minimum absolute atomic E-state index is 0.219. The molecule has 2 aromatic rings. The van der Waals surface area contributed by atoms with Crippen LogP contribution in [0, 0.1) is 6.92 Å². The number of imidazole rings is 1. The predicted octanol–water partition coefficient (Wildman–Crippen LogP) is 3.39. The highest BCUT2D eigenvalue weighted by atomic mass is 16.5. The van der Waals surface area contributed by atoms with Crippen LogP contribution in [0.2, 0.25) is 0 Å². The van der Waals surface area contributed by atoms with E-state index in [-0.39, 0.29) is 6.04 Å². The minimum Gasteiger partial charge on any atom is -0.491 e. The predicted molar refractivity (Wildman–Crippen MR) is 80.4 cm³/mol. The smallest absolute Gasteiger partial charge is 0.203 e. The molecule has 2 heterocycles. The zero-order valence-electron chi connectivity index (χ0n) is 12.1. The van der Waals surface area contributed by atoms with Crippen LogP contribution in [0.1, 0.15) is 37.1 Å². The first-order valence-corrected chi connectivity index (χ1v) is 7.30. The summed E-state index contributed by atoms with van der Waals surface area (Å²) in [6.45, 7) is 5.86. The molecule has 106 valence electrons. The van der Waals surface area contributed by atoms with Gasteiger partial charge in [-0.2, -0.15) is 0 Å². The van der Waals surface area contributed by atoms with Crippen LogP contribution in [-0.2, 0) is 0 Å². The molecule has 0 aliphatic carbocycles. The summed E-state index contributed by atoms with van der Waals surface area (Å²) < 4.78 is 7.98. The summed E-state index contributed by atoms with van der Waals surface area (Å²) in [7, 11) is 0. The zero-order chi connectivity index (χ0) is 13.9. The quantitative estimate of drug-likeness (QED) is 0.847. The second-order valence-corrected chi connectivity index (χ2v) is 5.26. The average Bonchev–Trinajstić information content (AvgIpc) is 3.02. The maximum Gasteiger partial charge on any atom is 0.203 e. The van der Waals surface area contributed by atoms with Gasteiger partial charge in [0.15, 0.2) is 0 Å². The molecule has 0 fully saturated rings. The summed E-state index contributed by atoms with van der Waals surface area (Å²) in [5.74, 6) is 1.93. The van der Waals surface area contributed by atoms with Crippen molar-refractivity contribution in [3.63, 3.8) is 0 Å². The van der Waals surface area contributed by atoms with E-state index in [2.05, 4.69) is 40.1 Å². The number of benzene rings is 1. The van der Waals surface area contributed by atoms with Crippen molar-refractivity contribution in [3.8, 4) is 5.75 Å². The lowest BCUT2D eigenvalue weighted by atomic mass is 10.1. The lowest BCUT2D eigenvalue weighted by molar-refractivity contribution is 0.317. The Balaban J connectivity index is 1.87. The van der Waals surface area contributed by atoms with Gasteiger partial charge in [-0.25, -0.2) is 4.98 Å². The molecule has 1 N–H and O–H groups in total. The normalized spacial score (nSPS) is 16.8. The third kappa shape index (κ3) is 2.38. The van der Waals surface area contributed by atoms with Gasteiger partial charge in [-0.1, -0.05) is 31.5 Å². The van der Waals surface area contributed by atoms with E-state index in [1.165, 1.54) is 12.0 Å². The number of aromatic nitrogens is 2. The summed E-state index contributed by atoms with van der Waals surface area (Å²) in [5.41, 5.74) is 2.27. The first kappa shape index (κ1) is 13.0. The average molecular weight is 271 g/mol. The number of aryl methyl sites for hydroxylation is 1. The van der Waals surface area contributed by atoms with E-state index in [1.807, 2.05) is 19.1 Å². The molecule has 0 saturated carbocycles. The highest BCUT2D eigenvalue weighted by molar-refractivity contribution is 5.42. The molecule has 1 unspecified atom stereocenters. The minimum atomic E-state index is 0.219. The van der Waals surface area contributed by atoms with E-state index in [1.54, 1.807) is 0 Å². The van der Waals surface area contributed by atoms with E-state index in [9.17, 15) is 0 Å². The fraction of sp³-hybridized carbons (Fsp3) is 0.438. The molecule has 3 rings (SSSR count). The molecule has 0 bridgehead atoms. The van der Waals surface area contributed by atoms with Gasteiger partial charge >= 0.3 is 0 Å². The molecule has 1 aliphatic heterocycles. The van der Waals surface area contributed by atoms with E-state index < -0.39 is 0 Å². The lowest BCUT2D eigenvalue weighted by Gasteiger charge is -2.15. The van der Waals surface area contributed by atoms with Crippen LogP contribution in [0.3, 0.4) is 0 Å². The summed E-state index contributed by atoms with van der Waals surface area (Å²) in [6.07, 6.45) is 4.44. The van der Waals surface area contributed by atoms with Crippen LogP contribution in [0.4, 0.5) is 5.95 Å². The van der Waals surface area contributed by atoms with Gasteiger partial charge in [-0.15, -0.1) is 0 Å². The largest absolute Gasteiger partial charge is 0.491 e. The highest BCUT2D eigenvalue weighted by Gasteiger charge is 2.27. The Morgan fingerprint density at radius 2 is 2.25 bits per heavy atom. The van der Waals surface area contributed by atoms with Crippen molar-refractivity contribution in [1.82, 2.24) is 9.55 Å². The number of hydrogen-bond acceptors (Lipinski definition) is 3. The van der Waals surface area contributed by atoms with Gasteiger partial charge in [0.2, 0.25) is 5.95 Å². The van der Waals surface area contributed by atoms with Crippen LogP contribution in [-0.4, -0.2) is 22.7 Å². The van der Waals surface area contributed by atoms with Gasteiger partial charge < -0.3 is 14.6 Å². The van der Waals surface area contributed by atoms with Crippen molar-refractivity contribution in [2.75, 3.05) is 18.5 Å². The van der Waals surface area contributed by atoms with Crippen molar-refractivity contribution in [2.45, 2.75) is 32.7 Å². The van der Waals surface area contributed by atoms with Crippen molar-refractivity contribution >= 4 is 5.95 Å². The van der Waals surface area contributed by atoms with Gasteiger partial charge in [-0.05, 0) is 19.4 Å². The van der Waals surface area contributed by atoms with Crippen LogP contribution >= 0.6 is 0 Å². The second kappa shape index (κ2) is 5.57. The van der Waals surface area contributed by atoms with Gasteiger partial charge in [0.1, 0.15) is 12.4 Å². The third-order valence-electron chi connectivity index (χ3n) is 3.68. The molecular weight excluding hydrogens is 250 g/mol. The Labute approximate surface area is 119 Å². The van der Waals surface area contributed by atoms with Crippen molar-refractivity contribution < 1.29 is 4.74 Å². The van der Waals surface area contributed by atoms with E-state index in [0.29, 0.717) is 6.61 Å². The zero-order valence-corrected chi connectivity index (χ0v) is 12.1. The Kier molecular flexibility index (Phi) is 3.63. The highest BCUT2D eigenvalue weighted by Crippen LogP contribution is 2.36. The van der Waals surface area contributed by atoms with Crippen molar-refractivity contribution in [3.05, 3.63) is 41.7 Å². The number of nitrogens with zero attached hydrogens (tertiary/aromatic N) is 2. The third-order valence-corrected chi connectivity index (χ3v) is 3.68. The van der Waals surface area contributed by atoms with Gasteiger partial charge in [0.05, 0.1) is 11.7 Å². The van der Waals surface area contributed by atoms with Crippen LogP contribution in [0.15, 0.2) is 30.5 Å². The van der Waals surface area contributed by atoms with Crippen molar-refractivity contribution in [1.29, 1.82) is 0 Å². The molecule has 1 aromatic heterocycles. The fourth-order valence-corrected chi connectivity index (χ4v) is 2.64. The summed E-state index contributed by atoms with van der Waals surface area (Å²) in [5, 5.41) is 3.44. The van der Waals surface area contributed by atoms with E-state index >= 15 is 0 Å². The van der Waals surface area contributed by atoms with Gasteiger partial charge in [0, 0.05) is 18.3 Å². The first-order chi connectivity index (χ1) is 9.79. The van der Waals surface area contributed by atoms with Crippen LogP contribution in [0.25, 0.3) is 0 Å². The molecular formula is C16H21N3O. The van der Waals surface area contributed by atoms with E-state index in [4.69, 9.17) is 4.74 Å². The molecule has 1 atom stereocenters. The topological polar surface area (TPSA) is 39.1 Å². The van der Waals surface area contributed by atoms with Crippen LogP contribution < -0.4 is 10.1 Å². The molecule has 4 heteroatoms. The maximum absolute atomic E-state index is 5.78. The summed E-state index contributed by atoms with van der Waals surface area (Å²) in [4.78, 5) is 4.60. The molecule has 1 aromatic carbocycles. The number of anilines is 1. The first-order valence-electron chi connectivity index (χ1n) is 7.30. The number of unbranched alkanes of at least 4 members (excludes halogenated alkanes) is 1. The van der Waals surface area contributed by atoms with Gasteiger partial charge in [0.25, 0.3) is 0 Å². The number of rotatable bonds is 5. The van der Waals surface area contributed by atoms with Gasteiger partial charge in [-0.3, -0.25) is 0 Å². The SMILES string of the molecule is CCCCNc1nc(C)cn1C1COc2ccccc21. The Hall–Kier alpha value is -1.97. The summed E-state index contributed by atoms with van der Waals surface area (Å²) >= 11 is 0. The Morgan fingerprint density at radius 1 is 1.40 bits per heavy atom. The van der Waals surface area contributed by atoms with E-state index in [0.717, 1.165) is 30.4 Å². The standard InChI is InChI=1S/C16H21N3O/c1-3-4-9-17-16-18-12(2)10-19(16)14-11-20-15-8-6-5-7-13(14)15/h5-8,10,14H,3-4,9,11H2,1-2H3,(H,17,18). The lowest BCUT2D eigenvalue weighted by Crippen LogP contribution is -2.15.